The van der Waals surface area contributed by atoms with Crippen LogP contribution in [0.5, 0.6) is 0 Å². The van der Waals surface area contributed by atoms with Crippen molar-refractivity contribution in [2.45, 2.75) is 17.9 Å². The van der Waals surface area contributed by atoms with Crippen LogP contribution in [0.1, 0.15) is 18.5 Å². The smallest absolute Gasteiger partial charge is 0.244 e. The molecule has 0 aliphatic rings. The number of aromatic nitrogens is 1. The van der Waals surface area contributed by atoms with Gasteiger partial charge in [-0.25, -0.2) is 17.5 Å². The van der Waals surface area contributed by atoms with Gasteiger partial charge >= 0.3 is 0 Å². The fourth-order valence-electron chi connectivity index (χ4n) is 1.71. The van der Waals surface area contributed by atoms with Crippen molar-refractivity contribution < 1.29 is 12.8 Å². The SMILES string of the molecule is CC(NS(=O)(=O)c1ccc(Br)cc1F)c1ccncc1. The lowest BCUT2D eigenvalue weighted by Gasteiger charge is -2.14. The van der Waals surface area contributed by atoms with E-state index in [2.05, 4.69) is 25.6 Å². The fraction of sp³-hybridized carbons (Fsp3) is 0.154. The second kappa shape index (κ2) is 5.99. The van der Waals surface area contributed by atoms with Gasteiger partial charge in [0.05, 0.1) is 0 Å². The molecule has 20 heavy (non-hydrogen) atoms. The third-order valence-electron chi connectivity index (χ3n) is 2.72. The zero-order valence-electron chi connectivity index (χ0n) is 10.5. The molecule has 7 heteroatoms. The Balaban J connectivity index is 2.28. The molecule has 0 bridgehead atoms. The van der Waals surface area contributed by atoms with Crippen LogP contribution in [0.3, 0.4) is 0 Å². The predicted octanol–water partition coefficient (Wildman–Crippen LogP) is 3.02. The average Bonchev–Trinajstić information content (AvgIpc) is 2.38. The molecule has 0 aliphatic carbocycles. The van der Waals surface area contributed by atoms with Crippen molar-refractivity contribution in [2.75, 3.05) is 0 Å². The lowest BCUT2D eigenvalue weighted by molar-refractivity contribution is 0.546. The third kappa shape index (κ3) is 3.41. The van der Waals surface area contributed by atoms with E-state index in [4.69, 9.17) is 0 Å². The summed E-state index contributed by atoms with van der Waals surface area (Å²) in [5, 5.41) is 0. The van der Waals surface area contributed by atoms with Crippen LogP contribution in [-0.2, 0) is 10.0 Å². The van der Waals surface area contributed by atoms with Gasteiger partial charge in [-0.1, -0.05) is 15.9 Å². The summed E-state index contributed by atoms with van der Waals surface area (Å²) in [6.45, 7) is 1.68. The zero-order valence-corrected chi connectivity index (χ0v) is 12.9. The van der Waals surface area contributed by atoms with Crippen LogP contribution in [0, 0.1) is 5.82 Å². The molecule has 1 heterocycles. The number of hydrogen-bond donors (Lipinski definition) is 1. The molecule has 2 rings (SSSR count). The van der Waals surface area contributed by atoms with E-state index in [1.165, 1.54) is 12.1 Å². The van der Waals surface area contributed by atoms with E-state index in [9.17, 15) is 12.8 Å². The Hall–Kier alpha value is -1.31. The minimum Gasteiger partial charge on any atom is -0.265 e. The van der Waals surface area contributed by atoms with Crippen molar-refractivity contribution in [2.24, 2.45) is 0 Å². The Kier molecular flexibility index (Phi) is 4.52. The maximum absolute atomic E-state index is 13.7. The summed E-state index contributed by atoms with van der Waals surface area (Å²) >= 11 is 3.09. The maximum atomic E-state index is 13.7. The van der Waals surface area contributed by atoms with Gasteiger partial charge in [0, 0.05) is 22.9 Å². The summed E-state index contributed by atoms with van der Waals surface area (Å²) in [6, 6.07) is 6.74. The van der Waals surface area contributed by atoms with Gasteiger partial charge in [-0.05, 0) is 42.8 Å². The molecule has 0 amide bonds. The van der Waals surface area contributed by atoms with Crippen molar-refractivity contribution in [3.8, 4) is 0 Å². The van der Waals surface area contributed by atoms with Gasteiger partial charge < -0.3 is 0 Å². The number of nitrogens with one attached hydrogen (secondary N) is 1. The van der Waals surface area contributed by atoms with Crippen molar-refractivity contribution >= 4 is 26.0 Å². The maximum Gasteiger partial charge on any atom is 0.244 e. The first kappa shape index (κ1) is 15.1. The van der Waals surface area contributed by atoms with Gasteiger partial charge in [0.15, 0.2) is 0 Å². The molecule has 4 nitrogen and oxygen atoms in total. The first-order valence-electron chi connectivity index (χ1n) is 5.77. The number of rotatable bonds is 4. The van der Waals surface area contributed by atoms with E-state index in [1.807, 2.05) is 0 Å². The number of benzene rings is 1. The largest absolute Gasteiger partial charge is 0.265 e. The van der Waals surface area contributed by atoms with Crippen molar-refractivity contribution in [1.82, 2.24) is 9.71 Å². The van der Waals surface area contributed by atoms with Gasteiger partial charge in [0.1, 0.15) is 10.7 Å². The van der Waals surface area contributed by atoms with Gasteiger partial charge in [-0.2, -0.15) is 0 Å². The standard InChI is InChI=1S/C13H12BrFN2O2S/c1-9(10-4-6-16-7-5-10)17-20(18,19)13-3-2-11(14)8-12(13)15/h2-9,17H,1H3. The van der Waals surface area contributed by atoms with E-state index in [0.717, 1.165) is 11.6 Å². The highest BCUT2D eigenvalue weighted by atomic mass is 79.9. The Bertz CT molecular complexity index is 708. The van der Waals surface area contributed by atoms with Crippen molar-refractivity contribution in [3.63, 3.8) is 0 Å². The molecule has 1 N–H and O–H groups in total. The molecule has 0 fully saturated rings. The molecule has 106 valence electrons. The zero-order chi connectivity index (χ0) is 14.8. The van der Waals surface area contributed by atoms with E-state index in [0.29, 0.717) is 4.47 Å². The highest BCUT2D eigenvalue weighted by molar-refractivity contribution is 9.10. The van der Waals surface area contributed by atoms with Crippen LogP contribution >= 0.6 is 15.9 Å². The summed E-state index contributed by atoms with van der Waals surface area (Å²) in [7, 11) is -3.92. The van der Waals surface area contributed by atoms with E-state index < -0.39 is 21.9 Å². The first-order valence-corrected chi connectivity index (χ1v) is 8.05. The van der Waals surface area contributed by atoms with Gasteiger partial charge in [-0.3, -0.25) is 4.98 Å². The number of hydrogen-bond acceptors (Lipinski definition) is 3. The third-order valence-corrected chi connectivity index (χ3v) is 4.79. The number of sulfonamides is 1. The second-order valence-electron chi connectivity index (χ2n) is 4.20. The molecule has 1 unspecified atom stereocenters. The summed E-state index contributed by atoms with van der Waals surface area (Å²) in [5.74, 6) is -0.797. The minimum atomic E-state index is -3.92. The van der Waals surface area contributed by atoms with E-state index in [1.54, 1.807) is 31.5 Å². The van der Waals surface area contributed by atoms with E-state index >= 15 is 0 Å². The van der Waals surface area contributed by atoms with E-state index in [-0.39, 0.29) is 4.90 Å². The number of nitrogens with zero attached hydrogens (tertiary/aromatic N) is 1. The molecule has 1 aromatic heterocycles. The lowest BCUT2D eigenvalue weighted by Crippen LogP contribution is -2.27. The number of pyridine rings is 1. The normalized spacial score (nSPS) is 13.2. The molecule has 2 aromatic rings. The molecular weight excluding hydrogens is 347 g/mol. The molecule has 1 atom stereocenters. The van der Waals surface area contributed by atoms with Gasteiger partial charge in [0.25, 0.3) is 0 Å². The minimum absolute atomic E-state index is 0.374. The molecular formula is C13H12BrFN2O2S. The Morgan fingerprint density at radius 3 is 2.50 bits per heavy atom. The highest BCUT2D eigenvalue weighted by Crippen LogP contribution is 2.21. The van der Waals surface area contributed by atoms with Crippen LogP contribution < -0.4 is 4.72 Å². The lowest BCUT2D eigenvalue weighted by atomic mass is 10.1. The van der Waals surface area contributed by atoms with Crippen LogP contribution in [-0.4, -0.2) is 13.4 Å². The average molecular weight is 359 g/mol. The van der Waals surface area contributed by atoms with Gasteiger partial charge in [-0.15, -0.1) is 0 Å². The van der Waals surface area contributed by atoms with Crippen molar-refractivity contribution in [1.29, 1.82) is 0 Å². The summed E-state index contributed by atoms with van der Waals surface area (Å²) in [5.41, 5.74) is 0.751. The van der Waals surface area contributed by atoms with Crippen LogP contribution in [0.2, 0.25) is 0 Å². The Morgan fingerprint density at radius 2 is 1.90 bits per heavy atom. The fourth-order valence-corrected chi connectivity index (χ4v) is 3.33. The topological polar surface area (TPSA) is 59.1 Å². The Labute approximate surface area is 125 Å². The highest BCUT2D eigenvalue weighted by Gasteiger charge is 2.22. The number of halogens is 2. The monoisotopic (exact) mass is 358 g/mol. The first-order chi connectivity index (χ1) is 9.40. The molecule has 0 aliphatic heterocycles. The molecule has 0 radical (unpaired) electrons. The van der Waals surface area contributed by atoms with Gasteiger partial charge in [0.2, 0.25) is 10.0 Å². The summed E-state index contributed by atoms with van der Waals surface area (Å²) in [6.07, 6.45) is 3.14. The second-order valence-corrected chi connectivity index (χ2v) is 6.80. The van der Waals surface area contributed by atoms with Crippen LogP contribution in [0.15, 0.2) is 52.1 Å². The molecule has 0 spiro atoms. The van der Waals surface area contributed by atoms with Crippen molar-refractivity contribution in [3.05, 3.63) is 58.6 Å². The molecule has 0 saturated heterocycles. The summed E-state index contributed by atoms with van der Waals surface area (Å²) < 4.78 is 41.0. The van der Waals surface area contributed by atoms with Crippen LogP contribution in [0.25, 0.3) is 0 Å². The van der Waals surface area contributed by atoms with Crippen LogP contribution in [0.4, 0.5) is 4.39 Å². The molecule has 1 aromatic carbocycles. The predicted molar refractivity (Wildman–Crippen MR) is 77.1 cm³/mol. The summed E-state index contributed by atoms with van der Waals surface area (Å²) in [4.78, 5) is 3.49. The quantitative estimate of drug-likeness (QED) is 0.913. The Morgan fingerprint density at radius 1 is 1.25 bits per heavy atom. The molecule has 0 saturated carbocycles.